The number of halogens is 3. The number of hydrogen-bond donors (Lipinski definition) is 0. The Morgan fingerprint density at radius 2 is 1.50 bits per heavy atom. The molecule has 141 valence electrons. The molecule has 0 fully saturated rings. The molecule has 1 aromatic carbocycles. The van der Waals surface area contributed by atoms with E-state index >= 15 is 0 Å². The maximum Gasteiger partial charge on any atom is 0.431 e. The third kappa shape index (κ3) is 6.55. The second-order valence-electron chi connectivity index (χ2n) is 4.87. The number of pyridine rings is 1. The number of aromatic nitrogens is 3. The summed E-state index contributed by atoms with van der Waals surface area (Å²) in [6.07, 6.45) is -2.97. The third-order valence-electron chi connectivity index (χ3n) is 3.22. The smallest absolute Gasteiger partial charge is 0.431 e. The number of benzene rings is 1. The van der Waals surface area contributed by atoms with Crippen LogP contribution in [-0.4, -0.2) is 23.4 Å². The predicted molar refractivity (Wildman–Crippen MR) is 100.0 cm³/mol. The molecule has 1 radical (unpaired) electrons. The molecule has 0 aliphatic carbocycles. The van der Waals surface area contributed by atoms with E-state index in [1.807, 2.05) is 0 Å². The molecular weight excluding hydrogens is 557 g/mol. The van der Waals surface area contributed by atoms with Gasteiger partial charge in [-0.05, 0) is 42.1 Å². The Balaban J connectivity index is 0.000000270. The van der Waals surface area contributed by atoms with Gasteiger partial charge in [-0.3, -0.25) is 4.98 Å². The first-order valence-electron chi connectivity index (χ1n) is 7.39. The molecule has 0 aliphatic heterocycles. The van der Waals surface area contributed by atoms with Crippen molar-refractivity contribution in [3.8, 4) is 11.4 Å². The Hall–Kier alpha value is -1.12. The first-order valence-corrected chi connectivity index (χ1v) is 10.4. The summed E-state index contributed by atoms with van der Waals surface area (Å²) < 4.78 is 36.6. The Bertz CT molecular complexity index is 772. The van der Waals surface area contributed by atoms with Gasteiger partial charge in [-0.1, -0.05) is 53.2 Å². The minimum absolute atomic E-state index is 0. The van der Waals surface area contributed by atoms with Crippen molar-refractivity contribution in [2.75, 3.05) is 13.3 Å². The minimum atomic E-state index is -4.46. The summed E-state index contributed by atoms with van der Waals surface area (Å²) in [7, 11) is 1.89. The van der Waals surface area contributed by atoms with E-state index in [0.29, 0.717) is 5.69 Å². The SMILES string of the molecule is CPc1ccccc1PC.FC(F)(F)c1cc(-c2ccccn2)[n-]n1.[Ir]. The van der Waals surface area contributed by atoms with Crippen LogP contribution in [0.15, 0.2) is 54.7 Å². The number of rotatable bonds is 3. The number of alkyl halides is 3. The molecule has 2 heterocycles. The van der Waals surface area contributed by atoms with Crippen molar-refractivity contribution >= 4 is 27.8 Å². The molecule has 2 atom stereocenters. The van der Waals surface area contributed by atoms with Crippen molar-refractivity contribution in [1.82, 2.24) is 15.2 Å². The second kappa shape index (κ2) is 10.9. The van der Waals surface area contributed by atoms with Gasteiger partial charge in [0.05, 0.1) is 0 Å². The van der Waals surface area contributed by atoms with E-state index in [4.69, 9.17) is 0 Å². The molecule has 0 N–H and O–H groups in total. The van der Waals surface area contributed by atoms with Crippen LogP contribution >= 0.6 is 17.2 Å². The van der Waals surface area contributed by atoms with Gasteiger partial charge in [0.25, 0.3) is 0 Å². The molecule has 3 nitrogen and oxygen atoms in total. The average molecular weight is 575 g/mol. The fourth-order valence-corrected chi connectivity index (χ4v) is 3.97. The molecule has 0 saturated heterocycles. The fraction of sp³-hybridized carbons (Fsp3) is 0.176. The van der Waals surface area contributed by atoms with E-state index < -0.39 is 11.9 Å². The second-order valence-corrected chi connectivity index (χ2v) is 6.95. The van der Waals surface area contributed by atoms with Crippen LogP contribution in [0.1, 0.15) is 5.69 Å². The summed E-state index contributed by atoms with van der Waals surface area (Å²) >= 11 is 0. The van der Waals surface area contributed by atoms with Crippen molar-refractivity contribution in [2.24, 2.45) is 0 Å². The van der Waals surface area contributed by atoms with Gasteiger partial charge in [-0.15, -0.1) is 0 Å². The Labute approximate surface area is 167 Å². The van der Waals surface area contributed by atoms with Gasteiger partial charge in [0.15, 0.2) is 0 Å². The van der Waals surface area contributed by atoms with Crippen LogP contribution < -0.4 is 15.7 Å². The molecular formula is C17H17F3IrN3P2-. The molecule has 2 unspecified atom stereocenters. The number of nitrogens with zero attached hydrogens (tertiary/aromatic N) is 3. The van der Waals surface area contributed by atoms with Gasteiger partial charge in [-0.25, -0.2) is 0 Å². The van der Waals surface area contributed by atoms with Crippen LogP contribution in [-0.2, 0) is 26.3 Å². The Kier molecular flexibility index (Phi) is 9.60. The molecule has 0 spiro atoms. The quantitative estimate of drug-likeness (QED) is 0.449. The maximum absolute atomic E-state index is 12.2. The Morgan fingerprint density at radius 3 is 1.92 bits per heavy atom. The monoisotopic (exact) mass is 575 g/mol. The van der Waals surface area contributed by atoms with Gasteiger partial charge < -0.3 is 10.2 Å². The zero-order valence-electron chi connectivity index (χ0n) is 14.0. The molecule has 0 amide bonds. The summed E-state index contributed by atoms with van der Waals surface area (Å²) in [5.41, 5.74) is -0.494. The molecule has 3 aromatic rings. The van der Waals surface area contributed by atoms with Gasteiger partial charge in [0, 0.05) is 32.0 Å². The van der Waals surface area contributed by atoms with Crippen molar-refractivity contribution in [1.29, 1.82) is 0 Å². The molecule has 0 saturated carbocycles. The van der Waals surface area contributed by atoms with Crippen LogP contribution in [0.5, 0.6) is 0 Å². The first-order chi connectivity index (χ1) is 12.0. The summed E-state index contributed by atoms with van der Waals surface area (Å²) in [6.45, 7) is 4.47. The van der Waals surface area contributed by atoms with Gasteiger partial charge in [-0.2, -0.15) is 13.2 Å². The number of hydrogen-bond acceptors (Lipinski definition) is 2. The van der Waals surface area contributed by atoms with E-state index in [2.05, 4.69) is 52.8 Å². The van der Waals surface area contributed by atoms with Crippen LogP contribution in [0, 0.1) is 0 Å². The summed E-state index contributed by atoms with van der Waals surface area (Å²) in [6, 6.07) is 14.5. The van der Waals surface area contributed by atoms with E-state index in [9.17, 15) is 13.2 Å². The van der Waals surface area contributed by atoms with Gasteiger partial charge in [0.1, 0.15) is 5.69 Å². The van der Waals surface area contributed by atoms with Crippen LogP contribution in [0.4, 0.5) is 13.2 Å². The summed E-state index contributed by atoms with van der Waals surface area (Å²) in [5.74, 6) is 0. The standard InChI is InChI=1S/C9H5F3N3.C8H12P2.Ir/c10-9(11,12)8-5-7(14-15-8)6-3-1-2-4-13-6;1-9-7-5-3-4-6-8(7)10-2;/h1-5H;3-6,9-10H,1-2H3;/q-1;;. The topological polar surface area (TPSA) is 39.9 Å². The zero-order chi connectivity index (χ0) is 18.3. The van der Waals surface area contributed by atoms with E-state index in [1.165, 1.54) is 16.8 Å². The maximum atomic E-state index is 12.2. The zero-order valence-corrected chi connectivity index (χ0v) is 18.4. The van der Waals surface area contributed by atoms with E-state index in [0.717, 1.165) is 23.2 Å². The van der Waals surface area contributed by atoms with Gasteiger partial charge in [0.2, 0.25) is 0 Å². The molecule has 0 aliphatic rings. The Morgan fingerprint density at radius 1 is 0.923 bits per heavy atom. The molecule has 9 heteroatoms. The van der Waals surface area contributed by atoms with Crippen LogP contribution in [0.2, 0.25) is 0 Å². The average Bonchev–Trinajstić information content (AvgIpc) is 3.13. The molecule has 3 rings (SSSR count). The predicted octanol–water partition coefficient (Wildman–Crippen LogP) is 3.67. The molecule has 26 heavy (non-hydrogen) atoms. The van der Waals surface area contributed by atoms with E-state index in [1.54, 1.807) is 18.2 Å². The normalized spacial score (nSPS) is 11.4. The molecule has 0 bridgehead atoms. The largest absolute Gasteiger partial charge is 0.573 e. The van der Waals surface area contributed by atoms with E-state index in [-0.39, 0.29) is 25.8 Å². The van der Waals surface area contributed by atoms with Gasteiger partial charge >= 0.3 is 6.18 Å². The van der Waals surface area contributed by atoms with Crippen molar-refractivity contribution in [2.45, 2.75) is 6.18 Å². The van der Waals surface area contributed by atoms with Crippen molar-refractivity contribution < 1.29 is 33.3 Å². The summed E-state index contributed by atoms with van der Waals surface area (Å²) in [4.78, 5) is 3.87. The molecule has 2 aromatic heterocycles. The fourth-order valence-electron chi connectivity index (χ4n) is 1.99. The van der Waals surface area contributed by atoms with Crippen LogP contribution in [0.3, 0.4) is 0 Å². The van der Waals surface area contributed by atoms with Crippen molar-refractivity contribution in [3.63, 3.8) is 0 Å². The van der Waals surface area contributed by atoms with Crippen molar-refractivity contribution in [3.05, 3.63) is 60.4 Å². The minimum Gasteiger partial charge on any atom is -0.573 e. The first kappa shape index (κ1) is 22.9. The van der Waals surface area contributed by atoms with Crippen LogP contribution in [0.25, 0.3) is 11.4 Å². The third-order valence-corrected chi connectivity index (χ3v) is 5.42. The summed E-state index contributed by atoms with van der Waals surface area (Å²) in [5, 5.41) is 9.53.